The normalized spacial score (nSPS) is 16.3. The number of nitrogens with one attached hydrogen (secondary N) is 1. The molecule has 3 rings (SSSR count). The molecule has 0 radical (unpaired) electrons. The van der Waals surface area contributed by atoms with Crippen molar-refractivity contribution in [2.75, 3.05) is 19.6 Å². The molecule has 2 aromatic heterocycles. The van der Waals surface area contributed by atoms with Gasteiger partial charge in [-0.1, -0.05) is 12.5 Å². The fourth-order valence-electron chi connectivity index (χ4n) is 3.11. The Morgan fingerprint density at radius 1 is 1.20 bits per heavy atom. The Balaban J connectivity index is 1.69. The molecule has 1 saturated heterocycles. The maximum atomic E-state index is 12.4. The number of carbonyl (C=O) groups is 2. The van der Waals surface area contributed by atoms with Crippen molar-refractivity contribution < 1.29 is 14.7 Å². The number of hydrogen-bond acceptors (Lipinski definition) is 5. The van der Waals surface area contributed by atoms with Crippen molar-refractivity contribution in [3.63, 3.8) is 0 Å². The van der Waals surface area contributed by atoms with Crippen LogP contribution < -0.4 is 5.32 Å². The van der Waals surface area contributed by atoms with Crippen LogP contribution in [-0.2, 0) is 0 Å². The lowest BCUT2D eigenvalue weighted by Gasteiger charge is -2.34. The zero-order chi connectivity index (χ0) is 17.6. The number of thiophene rings is 1. The van der Waals surface area contributed by atoms with Gasteiger partial charge in [0, 0.05) is 18.9 Å². The van der Waals surface area contributed by atoms with Gasteiger partial charge >= 0.3 is 5.97 Å². The van der Waals surface area contributed by atoms with Crippen LogP contribution >= 0.6 is 11.3 Å². The Morgan fingerprint density at radius 3 is 2.60 bits per heavy atom. The predicted octanol–water partition coefficient (Wildman–Crippen LogP) is 2.80. The predicted molar refractivity (Wildman–Crippen MR) is 96.0 cm³/mol. The van der Waals surface area contributed by atoms with Gasteiger partial charge in [-0.25, -0.2) is 4.79 Å². The summed E-state index contributed by atoms with van der Waals surface area (Å²) in [5.41, 5.74) is 1.09. The summed E-state index contributed by atoms with van der Waals surface area (Å²) in [4.78, 5) is 30.5. The summed E-state index contributed by atoms with van der Waals surface area (Å²) in [7, 11) is 0. The Bertz CT molecular complexity index is 726. The van der Waals surface area contributed by atoms with Crippen LogP contribution in [0.3, 0.4) is 0 Å². The molecule has 1 atom stereocenters. The lowest BCUT2D eigenvalue weighted by Crippen LogP contribution is -2.40. The lowest BCUT2D eigenvalue weighted by molar-refractivity contribution is 0.0702. The number of likely N-dealkylation sites (tertiary alicyclic amines) is 1. The van der Waals surface area contributed by atoms with Crippen LogP contribution in [0.1, 0.15) is 50.2 Å². The monoisotopic (exact) mass is 359 g/mol. The van der Waals surface area contributed by atoms with Gasteiger partial charge in [-0.2, -0.15) is 0 Å². The van der Waals surface area contributed by atoms with Gasteiger partial charge in [-0.05, 0) is 49.7 Å². The fourth-order valence-corrected chi connectivity index (χ4v) is 3.87. The first-order valence-corrected chi connectivity index (χ1v) is 9.22. The third kappa shape index (κ3) is 4.43. The molecule has 1 amide bonds. The molecule has 1 aliphatic heterocycles. The van der Waals surface area contributed by atoms with Gasteiger partial charge in [0.1, 0.15) is 4.88 Å². The molecular formula is C18H21N3O3S. The molecule has 0 aromatic carbocycles. The Hall–Kier alpha value is -2.25. The van der Waals surface area contributed by atoms with E-state index >= 15 is 0 Å². The molecule has 7 heteroatoms. The first kappa shape index (κ1) is 17.6. The second-order valence-electron chi connectivity index (χ2n) is 6.08. The second-order valence-corrected chi connectivity index (χ2v) is 7.16. The van der Waals surface area contributed by atoms with E-state index in [9.17, 15) is 9.59 Å². The van der Waals surface area contributed by atoms with E-state index in [0.29, 0.717) is 11.4 Å². The number of carbonyl (C=O) groups excluding carboxylic acids is 1. The zero-order valence-corrected chi connectivity index (χ0v) is 14.7. The van der Waals surface area contributed by atoms with Crippen LogP contribution in [0.25, 0.3) is 0 Å². The molecule has 0 aliphatic carbocycles. The van der Waals surface area contributed by atoms with Crippen molar-refractivity contribution in [1.82, 2.24) is 15.2 Å². The molecule has 3 heterocycles. The van der Waals surface area contributed by atoms with Crippen molar-refractivity contribution >= 4 is 23.2 Å². The summed E-state index contributed by atoms with van der Waals surface area (Å²) in [6, 6.07) is 7.05. The molecule has 132 valence electrons. The first-order chi connectivity index (χ1) is 12.1. The van der Waals surface area contributed by atoms with Crippen molar-refractivity contribution in [3.05, 3.63) is 52.0 Å². The molecule has 0 saturated carbocycles. The molecule has 1 aliphatic rings. The van der Waals surface area contributed by atoms with Gasteiger partial charge in [0.05, 0.1) is 10.9 Å². The average Bonchev–Trinajstić information content (AvgIpc) is 3.14. The highest BCUT2D eigenvalue weighted by atomic mass is 32.1. The van der Waals surface area contributed by atoms with Crippen molar-refractivity contribution in [1.29, 1.82) is 0 Å². The van der Waals surface area contributed by atoms with E-state index in [1.54, 1.807) is 12.3 Å². The maximum Gasteiger partial charge on any atom is 0.345 e. The summed E-state index contributed by atoms with van der Waals surface area (Å²) >= 11 is 0.995. The Kier molecular flexibility index (Phi) is 5.78. The van der Waals surface area contributed by atoms with E-state index in [1.165, 1.54) is 12.5 Å². The summed E-state index contributed by atoms with van der Waals surface area (Å²) in [6.45, 7) is 2.50. The molecule has 25 heavy (non-hydrogen) atoms. The topological polar surface area (TPSA) is 82.5 Å². The molecular weight excluding hydrogens is 338 g/mol. The third-order valence-electron chi connectivity index (χ3n) is 4.40. The molecule has 1 fully saturated rings. The van der Waals surface area contributed by atoms with Crippen LogP contribution in [0.2, 0.25) is 0 Å². The molecule has 1 unspecified atom stereocenters. The molecule has 2 aromatic rings. The second kappa shape index (κ2) is 8.22. The highest BCUT2D eigenvalue weighted by Crippen LogP contribution is 2.24. The Morgan fingerprint density at radius 2 is 1.96 bits per heavy atom. The number of aromatic carboxylic acids is 1. The smallest absolute Gasteiger partial charge is 0.345 e. The van der Waals surface area contributed by atoms with E-state index in [1.807, 2.05) is 18.3 Å². The number of hydrogen-bond donors (Lipinski definition) is 2. The van der Waals surface area contributed by atoms with Gasteiger partial charge in [-0.3, -0.25) is 14.7 Å². The molecule has 6 nitrogen and oxygen atoms in total. The van der Waals surface area contributed by atoms with Crippen LogP contribution in [0.4, 0.5) is 0 Å². The van der Waals surface area contributed by atoms with Gasteiger partial charge in [0.25, 0.3) is 5.91 Å². The number of carboxylic acids is 1. The minimum atomic E-state index is -1.01. The number of pyridine rings is 1. The summed E-state index contributed by atoms with van der Waals surface area (Å²) in [5, 5.41) is 11.9. The van der Waals surface area contributed by atoms with E-state index < -0.39 is 5.97 Å². The summed E-state index contributed by atoms with van der Waals surface area (Å²) < 4.78 is 0. The summed E-state index contributed by atoms with van der Waals surface area (Å²) in [6.07, 6.45) is 7.17. The van der Waals surface area contributed by atoms with E-state index in [0.717, 1.165) is 42.8 Å². The van der Waals surface area contributed by atoms with Gasteiger partial charge in [0.2, 0.25) is 0 Å². The van der Waals surface area contributed by atoms with Gasteiger partial charge in [-0.15, -0.1) is 11.3 Å². The molecule has 2 N–H and O–H groups in total. The highest BCUT2D eigenvalue weighted by molar-refractivity contribution is 7.15. The molecule has 0 spiro atoms. The van der Waals surface area contributed by atoms with Crippen LogP contribution in [0.5, 0.6) is 0 Å². The minimum Gasteiger partial charge on any atom is -0.477 e. The summed E-state index contributed by atoms with van der Waals surface area (Å²) in [5.74, 6) is -1.24. The van der Waals surface area contributed by atoms with Crippen molar-refractivity contribution in [2.45, 2.75) is 25.3 Å². The maximum absolute atomic E-state index is 12.4. The van der Waals surface area contributed by atoms with E-state index in [4.69, 9.17) is 5.11 Å². The Labute approximate surface area is 150 Å². The SMILES string of the molecule is O=C(O)c1ccc(C(=O)NCC(c2cccnc2)N2CCCCC2)s1. The standard InChI is InChI=1S/C18H21N3O3S/c22-17(15-6-7-16(25-15)18(23)24)20-12-14(13-5-4-8-19-11-13)21-9-2-1-3-10-21/h4-8,11,14H,1-3,9-10,12H2,(H,20,22)(H,23,24). The number of piperidine rings is 1. The molecule has 0 bridgehead atoms. The number of aromatic nitrogens is 1. The van der Waals surface area contributed by atoms with Crippen molar-refractivity contribution in [2.24, 2.45) is 0 Å². The fraction of sp³-hybridized carbons (Fsp3) is 0.389. The van der Waals surface area contributed by atoms with Gasteiger partial charge in [0.15, 0.2) is 0 Å². The highest BCUT2D eigenvalue weighted by Gasteiger charge is 2.23. The third-order valence-corrected chi connectivity index (χ3v) is 5.47. The van der Waals surface area contributed by atoms with Crippen LogP contribution in [0, 0.1) is 0 Å². The number of amides is 1. The van der Waals surface area contributed by atoms with Gasteiger partial charge < -0.3 is 10.4 Å². The van der Waals surface area contributed by atoms with Crippen LogP contribution in [0.15, 0.2) is 36.7 Å². The zero-order valence-electron chi connectivity index (χ0n) is 13.9. The minimum absolute atomic E-state index is 0.0804. The van der Waals surface area contributed by atoms with Crippen LogP contribution in [-0.4, -0.2) is 46.5 Å². The first-order valence-electron chi connectivity index (χ1n) is 8.40. The largest absolute Gasteiger partial charge is 0.477 e. The van der Waals surface area contributed by atoms with E-state index in [-0.39, 0.29) is 16.8 Å². The quantitative estimate of drug-likeness (QED) is 0.829. The number of carboxylic acid groups (broad SMARTS) is 1. The van der Waals surface area contributed by atoms with E-state index in [2.05, 4.69) is 15.2 Å². The van der Waals surface area contributed by atoms with Crippen molar-refractivity contribution in [3.8, 4) is 0 Å². The number of rotatable bonds is 6. The lowest BCUT2D eigenvalue weighted by atomic mass is 10.0. The number of nitrogens with zero attached hydrogens (tertiary/aromatic N) is 2. The average molecular weight is 359 g/mol.